The van der Waals surface area contributed by atoms with E-state index in [0.717, 1.165) is 6.07 Å². The Hall–Kier alpha value is -3.32. The summed E-state index contributed by atoms with van der Waals surface area (Å²) < 4.78 is 42.4. The first kappa shape index (κ1) is 16.5. The van der Waals surface area contributed by atoms with Crippen LogP contribution in [0.2, 0.25) is 0 Å². The maximum absolute atomic E-state index is 14.0. The molecule has 0 amide bonds. The van der Waals surface area contributed by atoms with Crippen LogP contribution in [0.4, 0.5) is 10.1 Å². The lowest BCUT2D eigenvalue weighted by Gasteiger charge is -2.11. The van der Waals surface area contributed by atoms with Crippen molar-refractivity contribution in [3.05, 3.63) is 59.7 Å². The topological polar surface area (TPSA) is 114 Å². The first-order valence-corrected chi connectivity index (χ1v) is 8.47. The van der Waals surface area contributed by atoms with E-state index in [-0.39, 0.29) is 10.6 Å². The minimum absolute atomic E-state index is 0.0880. The molecule has 0 bridgehead atoms. The van der Waals surface area contributed by atoms with Crippen LogP contribution in [0.3, 0.4) is 0 Å². The molecule has 126 valence electrons. The van der Waals surface area contributed by atoms with Crippen molar-refractivity contribution in [3.63, 3.8) is 0 Å². The fraction of sp³-hybridized carbons (Fsp3) is 0.0667. The molecule has 0 spiro atoms. The van der Waals surface area contributed by atoms with Crippen LogP contribution in [0, 0.1) is 24.1 Å². The summed E-state index contributed by atoms with van der Waals surface area (Å²) in [7, 11) is -4.02. The number of nitrogens with one attached hydrogen (secondary N) is 1. The Morgan fingerprint density at radius 1 is 1.20 bits per heavy atom. The van der Waals surface area contributed by atoms with Crippen LogP contribution in [0.25, 0.3) is 5.69 Å². The number of sulfonamides is 1. The highest BCUT2D eigenvalue weighted by molar-refractivity contribution is 7.92. The molecule has 3 rings (SSSR count). The Kier molecular flexibility index (Phi) is 4.16. The van der Waals surface area contributed by atoms with Crippen molar-refractivity contribution in [3.8, 4) is 11.8 Å². The molecule has 3 aromatic rings. The summed E-state index contributed by atoms with van der Waals surface area (Å²) in [5.74, 6) is -0.279. The van der Waals surface area contributed by atoms with Crippen molar-refractivity contribution >= 4 is 15.7 Å². The molecule has 25 heavy (non-hydrogen) atoms. The third kappa shape index (κ3) is 3.31. The molecule has 0 aliphatic rings. The second-order valence-electron chi connectivity index (χ2n) is 5.04. The number of rotatable bonds is 4. The normalized spacial score (nSPS) is 11.1. The quantitative estimate of drug-likeness (QED) is 0.760. The first-order chi connectivity index (χ1) is 11.9. The Morgan fingerprint density at radius 3 is 2.52 bits per heavy atom. The number of hydrogen-bond donors (Lipinski definition) is 1. The van der Waals surface area contributed by atoms with E-state index in [1.54, 1.807) is 6.92 Å². The van der Waals surface area contributed by atoms with E-state index in [1.165, 1.54) is 41.1 Å². The Morgan fingerprint density at radius 2 is 1.92 bits per heavy atom. The van der Waals surface area contributed by atoms with Gasteiger partial charge < -0.3 is 0 Å². The van der Waals surface area contributed by atoms with Gasteiger partial charge in [-0.15, -0.1) is 5.10 Å². The minimum atomic E-state index is -4.02. The Labute approximate surface area is 142 Å². The highest BCUT2D eigenvalue weighted by atomic mass is 32.2. The second-order valence-corrected chi connectivity index (χ2v) is 6.73. The molecule has 0 atom stereocenters. The van der Waals surface area contributed by atoms with Gasteiger partial charge in [0.15, 0.2) is 5.82 Å². The zero-order valence-electron chi connectivity index (χ0n) is 12.9. The van der Waals surface area contributed by atoms with Gasteiger partial charge in [-0.3, -0.25) is 4.72 Å². The SMILES string of the molecule is Cc1nnnn1-c1ccc(F)c(NS(=O)(=O)c2ccc(C#N)cc2)c1. The van der Waals surface area contributed by atoms with Gasteiger partial charge >= 0.3 is 0 Å². The van der Waals surface area contributed by atoms with Crippen molar-refractivity contribution in [2.45, 2.75) is 11.8 Å². The van der Waals surface area contributed by atoms with Crippen LogP contribution in [0.15, 0.2) is 47.4 Å². The molecule has 0 aliphatic carbocycles. The maximum Gasteiger partial charge on any atom is 0.261 e. The lowest BCUT2D eigenvalue weighted by Crippen LogP contribution is -2.14. The predicted octanol–water partition coefficient (Wildman–Crippen LogP) is 1.78. The summed E-state index contributed by atoms with van der Waals surface area (Å²) in [6, 6.07) is 11.0. The Balaban J connectivity index is 1.96. The molecule has 8 nitrogen and oxygen atoms in total. The fourth-order valence-corrected chi connectivity index (χ4v) is 3.16. The maximum atomic E-state index is 14.0. The van der Waals surface area contributed by atoms with Crippen LogP contribution in [-0.4, -0.2) is 28.6 Å². The molecular weight excluding hydrogens is 347 g/mol. The van der Waals surface area contributed by atoms with Crippen LogP contribution in [0.5, 0.6) is 0 Å². The van der Waals surface area contributed by atoms with Crippen LogP contribution in [-0.2, 0) is 10.0 Å². The third-order valence-electron chi connectivity index (χ3n) is 3.36. The third-order valence-corrected chi connectivity index (χ3v) is 4.74. The number of anilines is 1. The molecule has 0 saturated heterocycles. The van der Waals surface area contributed by atoms with Crippen molar-refractivity contribution in [1.82, 2.24) is 20.2 Å². The van der Waals surface area contributed by atoms with Crippen molar-refractivity contribution < 1.29 is 12.8 Å². The number of halogens is 1. The average molecular weight is 358 g/mol. The molecule has 1 aromatic heterocycles. The summed E-state index contributed by atoms with van der Waals surface area (Å²) in [5, 5.41) is 19.7. The van der Waals surface area contributed by atoms with E-state index in [1.807, 2.05) is 6.07 Å². The molecule has 2 aromatic carbocycles. The van der Waals surface area contributed by atoms with Gasteiger partial charge in [-0.2, -0.15) is 9.94 Å². The van der Waals surface area contributed by atoms with Gasteiger partial charge in [-0.25, -0.2) is 12.8 Å². The molecule has 0 aliphatic heterocycles. The van der Waals surface area contributed by atoms with E-state index in [4.69, 9.17) is 5.26 Å². The van der Waals surface area contributed by atoms with Gasteiger partial charge in [0, 0.05) is 0 Å². The molecule has 0 radical (unpaired) electrons. The number of aryl methyl sites for hydroxylation is 1. The van der Waals surface area contributed by atoms with Crippen molar-refractivity contribution in [1.29, 1.82) is 5.26 Å². The van der Waals surface area contributed by atoms with Gasteiger partial charge in [-0.1, -0.05) is 0 Å². The summed E-state index contributed by atoms with van der Waals surface area (Å²) in [4.78, 5) is -0.0880. The second kappa shape index (κ2) is 6.29. The predicted molar refractivity (Wildman–Crippen MR) is 85.8 cm³/mol. The van der Waals surface area contributed by atoms with E-state index in [0.29, 0.717) is 17.1 Å². The van der Waals surface area contributed by atoms with Crippen molar-refractivity contribution in [2.24, 2.45) is 0 Å². The van der Waals surface area contributed by atoms with Gasteiger partial charge in [-0.05, 0) is 59.8 Å². The number of hydrogen-bond acceptors (Lipinski definition) is 6. The lowest BCUT2D eigenvalue weighted by molar-refractivity contribution is 0.598. The molecule has 10 heteroatoms. The summed E-state index contributed by atoms with van der Waals surface area (Å²) in [6.07, 6.45) is 0. The van der Waals surface area contributed by atoms with Gasteiger partial charge in [0.2, 0.25) is 0 Å². The van der Waals surface area contributed by atoms with E-state index >= 15 is 0 Å². The fourth-order valence-electron chi connectivity index (χ4n) is 2.11. The highest BCUT2D eigenvalue weighted by Crippen LogP contribution is 2.22. The summed E-state index contributed by atoms with van der Waals surface area (Å²) in [5.41, 5.74) is 0.486. The average Bonchev–Trinajstić information content (AvgIpc) is 3.03. The standard InChI is InChI=1S/C15H11FN6O2S/c1-10-18-20-21-22(10)12-4-7-14(16)15(8-12)19-25(23,24)13-5-2-11(9-17)3-6-13/h2-8,19H,1H3. The minimum Gasteiger partial charge on any atom is -0.277 e. The van der Waals surface area contributed by atoms with Crippen molar-refractivity contribution in [2.75, 3.05) is 4.72 Å². The number of benzene rings is 2. The van der Waals surface area contributed by atoms with Crippen LogP contribution >= 0.6 is 0 Å². The monoisotopic (exact) mass is 358 g/mol. The van der Waals surface area contributed by atoms with Crippen LogP contribution < -0.4 is 4.72 Å². The lowest BCUT2D eigenvalue weighted by atomic mass is 10.2. The number of nitriles is 1. The molecule has 0 unspecified atom stereocenters. The zero-order valence-corrected chi connectivity index (χ0v) is 13.7. The largest absolute Gasteiger partial charge is 0.277 e. The number of tetrazole rings is 1. The number of aromatic nitrogens is 4. The molecule has 0 saturated carbocycles. The van der Waals surface area contributed by atoms with E-state index in [9.17, 15) is 12.8 Å². The molecule has 0 fully saturated rings. The van der Waals surface area contributed by atoms with Gasteiger partial charge in [0.05, 0.1) is 27.9 Å². The molecule has 1 N–H and O–H groups in total. The van der Waals surface area contributed by atoms with Gasteiger partial charge in [0.1, 0.15) is 5.82 Å². The van der Waals surface area contributed by atoms with Gasteiger partial charge in [0.25, 0.3) is 10.0 Å². The summed E-state index contributed by atoms with van der Waals surface area (Å²) >= 11 is 0. The molecule has 1 heterocycles. The van der Waals surface area contributed by atoms with Crippen LogP contribution in [0.1, 0.15) is 11.4 Å². The molecular formula is C15H11FN6O2S. The summed E-state index contributed by atoms with van der Waals surface area (Å²) in [6.45, 7) is 1.66. The van der Waals surface area contributed by atoms with E-state index < -0.39 is 15.8 Å². The Bertz CT molecular complexity index is 1070. The smallest absolute Gasteiger partial charge is 0.261 e. The number of nitrogens with zero attached hydrogens (tertiary/aromatic N) is 5. The van der Waals surface area contributed by atoms with E-state index in [2.05, 4.69) is 20.2 Å². The highest BCUT2D eigenvalue weighted by Gasteiger charge is 2.17. The zero-order chi connectivity index (χ0) is 18.0. The first-order valence-electron chi connectivity index (χ1n) is 6.98.